The van der Waals surface area contributed by atoms with Crippen LogP contribution in [0.3, 0.4) is 0 Å². The molecule has 0 aromatic carbocycles. The fourth-order valence-electron chi connectivity index (χ4n) is 2.29. The van der Waals surface area contributed by atoms with E-state index in [9.17, 15) is 9.90 Å². The number of ketones is 1. The maximum absolute atomic E-state index is 12.5. The van der Waals surface area contributed by atoms with Gasteiger partial charge in [-0.05, 0) is 19.8 Å². The predicted molar refractivity (Wildman–Crippen MR) is 92.3 cm³/mol. The molecule has 124 valence electrons. The third-order valence-electron chi connectivity index (χ3n) is 3.67. The van der Waals surface area contributed by atoms with Gasteiger partial charge in [0.1, 0.15) is 12.4 Å². The molecule has 0 saturated carbocycles. The standard InChI is InChI=1S/C16H26N2O3S/c1-5-8-12(17-21-7-3)15-13(19)9-18(10-14(15)20)16(22)11(4)6-2/h11,19H,5-10H2,1-4H3. The molecular weight excluding hydrogens is 300 g/mol. The van der Waals surface area contributed by atoms with E-state index in [4.69, 9.17) is 17.1 Å². The Morgan fingerprint density at radius 1 is 1.41 bits per heavy atom. The van der Waals surface area contributed by atoms with Gasteiger partial charge in [0.2, 0.25) is 0 Å². The molecule has 5 nitrogen and oxygen atoms in total. The number of aliphatic hydroxyl groups excluding tert-OH is 1. The highest BCUT2D eigenvalue weighted by molar-refractivity contribution is 7.80. The van der Waals surface area contributed by atoms with Crippen molar-refractivity contribution in [3.63, 3.8) is 0 Å². The molecule has 1 atom stereocenters. The van der Waals surface area contributed by atoms with Gasteiger partial charge in [-0.25, -0.2) is 0 Å². The first-order chi connectivity index (χ1) is 10.5. The highest BCUT2D eigenvalue weighted by atomic mass is 32.1. The average molecular weight is 326 g/mol. The van der Waals surface area contributed by atoms with E-state index in [1.807, 2.05) is 20.8 Å². The van der Waals surface area contributed by atoms with Crippen molar-refractivity contribution in [3.8, 4) is 0 Å². The van der Waals surface area contributed by atoms with Crippen molar-refractivity contribution in [1.82, 2.24) is 4.90 Å². The molecular formula is C16H26N2O3S. The van der Waals surface area contributed by atoms with Gasteiger partial charge >= 0.3 is 0 Å². The summed E-state index contributed by atoms with van der Waals surface area (Å²) < 4.78 is 0. The summed E-state index contributed by atoms with van der Waals surface area (Å²) in [6.45, 7) is 8.79. The quantitative estimate of drug-likeness (QED) is 0.442. The highest BCUT2D eigenvalue weighted by Crippen LogP contribution is 2.20. The van der Waals surface area contributed by atoms with Gasteiger partial charge in [-0.15, -0.1) is 0 Å². The monoisotopic (exact) mass is 326 g/mol. The summed E-state index contributed by atoms with van der Waals surface area (Å²) >= 11 is 5.41. The number of carbonyl (C=O) groups is 1. The Kier molecular flexibility index (Phi) is 7.51. The van der Waals surface area contributed by atoms with Crippen LogP contribution >= 0.6 is 12.2 Å². The number of rotatable bonds is 7. The van der Waals surface area contributed by atoms with E-state index in [1.54, 1.807) is 4.90 Å². The second kappa shape index (κ2) is 8.88. The minimum absolute atomic E-state index is 0.0359. The minimum Gasteiger partial charge on any atom is -0.510 e. The van der Waals surface area contributed by atoms with Gasteiger partial charge in [0.25, 0.3) is 0 Å². The minimum atomic E-state index is -0.152. The summed E-state index contributed by atoms with van der Waals surface area (Å²) in [7, 11) is 0. The molecule has 22 heavy (non-hydrogen) atoms. The van der Waals surface area contributed by atoms with E-state index in [1.165, 1.54) is 0 Å². The van der Waals surface area contributed by atoms with E-state index >= 15 is 0 Å². The van der Waals surface area contributed by atoms with E-state index in [-0.39, 0.29) is 30.5 Å². The molecule has 0 aromatic rings. The molecule has 0 aliphatic carbocycles. The number of hydrogen-bond acceptors (Lipinski definition) is 5. The molecule has 1 aliphatic heterocycles. The summed E-state index contributed by atoms with van der Waals surface area (Å²) in [4.78, 5) is 20.0. The van der Waals surface area contributed by atoms with Gasteiger partial charge in [0.05, 0.1) is 29.4 Å². The smallest absolute Gasteiger partial charge is 0.187 e. The molecule has 6 heteroatoms. The maximum Gasteiger partial charge on any atom is 0.187 e. The van der Waals surface area contributed by atoms with Crippen LogP contribution in [0, 0.1) is 5.92 Å². The van der Waals surface area contributed by atoms with Gasteiger partial charge in [0, 0.05) is 5.92 Å². The molecule has 0 fully saturated rings. The second-order valence-corrected chi connectivity index (χ2v) is 5.87. The van der Waals surface area contributed by atoms with Crippen LogP contribution < -0.4 is 0 Å². The van der Waals surface area contributed by atoms with Crippen LogP contribution in [0.1, 0.15) is 47.0 Å². The van der Waals surface area contributed by atoms with E-state index in [0.717, 1.165) is 17.8 Å². The van der Waals surface area contributed by atoms with E-state index in [2.05, 4.69) is 12.1 Å². The Bertz CT molecular complexity index is 486. The van der Waals surface area contributed by atoms with Crippen molar-refractivity contribution in [3.05, 3.63) is 11.3 Å². The van der Waals surface area contributed by atoms with Crippen LogP contribution in [-0.2, 0) is 9.63 Å². The first kappa shape index (κ1) is 18.6. The van der Waals surface area contributed by atoms with Crippen molar-refractivity contribution in [1.29, 1.82) is 0 Å². The fraction of sp³-hybridized carbons (Fsp3) is 0.688. The first-order valence-electron chi connectivity index (χ1n) is 7.89. The summed E-state index contributed by atoms with van der Waals surface area (Å²) in [6, 6.07) is 0. The predicted octanol–water partition coefficient (Wildman–Crippen LogP) is 3.25. The lowest BCUT2D eigenvalue weighted by molar-refractivity contribution is -0.116. The SMILES string of the molecule is CCCC(=NOCC)C1=C(O)CN(C(=S)C(C)CC)CC1=O. The Hall–Kier alpha value is -1.43. The Labute approximate surface area is 138 Å². The number of hydrogen-bond donors (Lipinski definition) is 1. The largest absolute Gasteiger partial charge is 0.510 e. The molecule has 0 bridgehead atoms. The molecule has 0 radical (unpaired) electrons. The van der Waals surface area contributed by atoms with Crippen LogP contribution in [0.25, 0.3) is 0 Å². The lowest BCUT2D eigenvalue weighted by atomic mass is 9.96. The van der Waals surface area contributed by atoms with Crippen LogP contribution in [0.4, 0.5) is 0 Å². The molecule has 1 rings (SSSR count). The van der Waals surface area contributed by atoms with E-state index in [0.29, 0.717) is 24.3 Å². The van der Waals surface area contributed by atoms with Crippen molar-refractivity contribution < 1.29 is 14.7 Å². The number of nitrogens with zero attached hydrogens (tertiary/aromatic N) is 2. The van der Waals surface area contributed by atoms with Crippen molar-refractivity contribution in [2.75, 3.05) is 19.7 Å². The van der Waals surface area contributed by atoms with Gasteiger partial charge in [-0.3, -0.25) is 4.79 Å². The van der Waals surface area contributed by atoms with Crippen LogP contribution in [0.5, 0.6) is 0 Å². The average Bonchev–Trinajstić information content (AvgIpc) is 2.50. The Morgan fingerprint density at radius 3 is 2.59 bits per heavy atom. The summed E-state index contributed by atoms with van der Waals surface area (Å²) in [5.74, 6) is 0.0967. The zero-order chi connectivity index (χ0) is 16.7. The number of thiocarbonyl (C=S) groups is 1. The normalized spacial score (nSPS) is 17.7. The van der Waals surface area contributed by atoms with Crippen molar-refractivity contribution >= 4 is 28.7 Å². The van der Waals surface area contributed by atoms with Gasteiger partial charge in [-0.1, -0.05) is 44.6 Å². The zero-order valence-corrected chi connectivity index (χ0v) is 14.7. The number of Topliss-reactive ketones (excluding diaryl/α,β-unsaturated/α-hetero) is 1. The fourth-order valence-corrected chi connectivity index (χ4v) is 2.59. The number of oxime groups is 1. The summed E-state index contributed by atoms with van der Waals surface area (Å²) in [6.07, 6.45) is 2.33. The van der Waals surface area contributed by atoms with Crippen LogP contribution in [-0.4, -0.2) is 46.2 Å². The van der Waals surface area contributed by atoms with Crippen LogP contribution in [0.15, 0.2) is 16.5 Å². The molecule has 1 N–H and O–H groups in total. The molecule has 0 spiro atoms. The molecule has 1 unspecified atom stereocenters. The lowest BCUT2D eigenvalue weighted by Gasteiger charge is -2.31. The number of aliphatic hydroxyl groups is 1. The molecule has 0 aromatic heterocycles. The summed E-state index contributed by atoms with van der Waals surface area (Å²) in [5.41, 5.74) is 0.833. The van der Waals surface area contributed by atoms with Crippen molar-refractivity contribution in [2.45, 2.75) is 47.0 Å². The number of carbonyl (C=O) groups excluding carboxylic acids is 1. The Balaban J connectivity index is 3.02. The van der Waals surface area contributed by atoms with E-state index < -0.39 is 0 Å². The first-order valence-corrected chi connectivity index (χ1v) is 8.30. The third kappa shape index (κ3) is 4.53. The van der Waals surface area contributed by atoms with Gasteiger partial charge in [-0.2, -0.15) is 0 Å². The Morgan fingerprint density at radius 2 is 2.09 bits per heavy atom. The molecule has 0 amide bonds. The third-order valence-corrected chi connectivity index (χ3v) is 4.33. The van der Waals surface area contributed by atoms with Crippen LogP contribution in [0.2, 0.25) is 0 Å². The maximum atomic E-state index is 12.5. The zero-order valence-electron chi connectivity index (χ0n) is 13.9. The molecule has 0 saturated heterocycles. The molecule has 1 heterocycles. The van der Waals surface area contributed by atoms with Gasteiger partial charge in [0.15, 0.2) is 5.78 Å². The lowest BCUT2D eigenvalue weighted by Crippen LogP contribution is -2.44. The van der Waals surface area contributed by atoms with Gasteiger partial charge < -0.3 is 14.8 Å². The highest BCUT2D eigenvalue weighted by Gasteiger charge is 2.31. The summed E-state index contributed by atoms with van der Waals surface area (Å²) in [5, 5.41) is 14.3. The van der Waals surface area contributed by atoms with Crippen molar-refractivity contribution in [2.24, 2.45) is 11.1 Å². The second-order valence-electron chi connectivity index (χ2n) is 5.45. The topological polar surface area (TPSA) is 62.1 Å². The molecule has 1 aliphatic rings.